The molecular weight excluding hydrogens is 399 g/mol. The topological polar surface area (TPSA) is 63.7 Å². The van der Waals surface area contributed by atoms with E-state index in [0.29, 0.717) is 0 Å². The van der Waals surface area contributed by atoms with Gasteiger partial charge in [-0.05, 0) is 37.2 Å². The number of hydrogen-bond acceptors (Lipinski definition) is 5. The molecule has 1 aromatic carbocycles. The molecule has 0 aromatic heterocycles. The zero-order valence-corrected chi connectivity index (χ0v) is 18.7. The number of rotatable bonds is 7. The summed E-state index contributed by atoms with van der Waals surface area (Å²) in [5, 5.41) is 3.46. The first kappa shape index (κ1) is 23.3. The molecule has 3 rings (SSSR count). The first-order chi connectivity index (χ1) is 15.0. The van der Waals surface area contributed by atoms with Crippen LogP contribution in [-0.2, 0) is 9.53 Å². The molecule has 2 saturated heterocycles. The maximum Gasteiger partial charge on any atom is 0.243 e. The number of amides is 1. The third-order valence-electron chi connectivity index (χ3n) is 5.67. The molecule has 1 amide bonds. The maximum absolute atomic E-state index is 13.2. The standard InChI is InChI=1S/C22H35FN6O2/c1-26(2)21(30)18-25-22(24-8-3-9-27-14-16-31-17-15-27)29-12-10-28(11-13-29)20-6-4-19(23)5-7-20/h4-7H,3,8-18H2,1-2H3,(H,24,25). The number of hydrogen-bond donors (Lipinski definition) is 1. The highest BCUT2D eigenvalue weighted by Crippen LogP contribution is 2.17. The Labute approximate surface area is 184 Å². The molecule has 2 aliphatic rings. The second kappa shape index (κ2) is 11.9. The van der Waals surface area contributed by atoms with Crippen LogP contribution in [0.15, 0.2) is 29.3 Å². The van der Waals surface area contributed by atoms with Crippen molar-refractivity contribution in [3.8, 4) is 0 Å². The molecule has 0 aliphatic carbocycles. The fraction of sp³-hybridized carbons (Fsp3) is 0.636. The number of nitrogens with zero attached hydrogens (tertiary/aromatic N) is 5. The smallest absolute Gasteiger partial charge is 0.243 e. The van der Waals surface area contributed by atoms with Gasteiger partial charge in [-0.1, -0.05) is 0 Å². The lowest BCUT2D eigenvalue weighted by molar-refractivity contribution is -0.127. The molecule has 1 aromatic rings. The Kier molecular flexibility index (Phi) is 8.90. The first-order valence-electron chi connectivity index (χ1n) is 11.1. The number of guanidine groups is 1. The Balaban J connectivity index is 1.52. The van der Waals surface area contributed by atoms with Crippen LogP contribution >= 0.6 is 0 Å². The molecular formula is C22H35FN6O2. The van der Waals surface area contributed by atoms with Crippen molar-refractivity contribution in [3.63, 3.8) is 0 Å². The number of morpholine rings is 1. The second-order valence-electron chi connectivity index (χ2n) is 8.11. The number of likely N-dealkylation sites (N-methyl/N-ethyl adjacent to an activating group) is 1. The van der Waals surface area contributed by atoms with E-state index < -0.39 is 0 Å². The van der Waals surface area contributed by atoms with Gasteiger partial charge in [-0.3, -0.25) is 9.69 Å². The Hall–Kier alpha value is -2.39. The van der Waals surface area contributed by atoms with Crippen molar-refractivity contribution in [3.05, 3.63) is 30.1 Å². The van der Waals surface area contributed by atoms with Crippen molar-refractivity contribution in [1.82, 2.24) is 20.0 Å². The first-order valence-corrected chi connectivity index (χ1v) is 11.1. The molecule has 1 N–H and O–H groups in total. The Bertz CT molecular complexity index is 713. The molecule has 2 aliphatic heterocycles. The molecule has 0 atom stereocenters. The van der Waals surface area contributed by atoms with E-state index in [0.717, 1.165) is 83.6 Å². The molecule has 8 nitrogen and oxygen atoms in total. The van der Waals surface area contributed by atoms with Gasteiger partial charge in [-0.2, -0.15) is 0 Å². The quantitative estimate of drug-likeness (QED) is 0.387. The van der Waals surface area contributed by atoms with Crippen LogP contribution in [0.3, 0.4) is 0 Å². The number of benzene rings is 1. The number of ether oxygens (including phenoxy) is 1. The maximum atomic E-state index is 13.2. The van der Waals surface area contributed by atoms with Crippen molar-refractivity contribution >= 4 is 17.6 Å². The van der Waals surface area contributed by atoms with Crippen molar-refractivity contribution in [2.24, 2.45) is 4.99 Å². The lowest BCUT2D eigenvalue weighted by Gasteiger charge is -2.38. The van der Waals surface area contributed by atoms with E-state index in [2.05, 4.69) is 25.0 Å². The number of aliphatic imine (C=N–C) groups is 1. The summed E-state index contributed by atoms with van der Waals surface area (Å²) in [6.45, 7) is 8.80. The summed E-state index contributed by atoms with van der Waals surface area (Å²) in [5.74, 6) is 0.553. The van der Waals surface area contributed by atoms with Crippen molar-refractivity contribution in [2.45, 2.75) is 6.42 Å². The average molecular weight is 435 g/mol. The highest BCUT2D eigenvalue weighted by atomic mass is 19.1. The van der Waals surface area contributed by atoms with Gasteiger partial charge in [0.15, 0.2) is 5.96 Å². The predicted octanol–water partition coefficient (Wildman–Crippen LogP) is 0.704. The van der Waals surface area contributed by atoms with E-state index in [9.17, 15) is 9.18 Å². The van der Waals surface area contributed by atoms with Gasteiger partial charge in [0.1, 0.15) is 12.4 Å². The van der Waals surface area contributed by atoms with E-state index >= 15 is 0 Å². The van der Waals surface area contributed by atoms with E-state index in [4.69, 9.17) is 4.74 Å². The van der Waals surface area contributed by atoms with Crippen LogP contribution < -0.4 is 10.2 Å². The average Bonchev–Trinajstić information content (AvgIpc) is 2.79. The van der Waals surface area contributed by atoms with Gasteiger partial charge in [-0.25, -0.2) is 9.38 Å². The predicted molar refractivity (Wildman–Crippen MR) is 121 cm³/mol. The van der Waals surface area contributed by atoms with Gasteiger partial charge in [-0.15, -0.1) is 0 Å². The second-order valence-corrected chi connectivity index (χ2v) is 8.11. The number of piperazine rings is 1. The van der Waals surface area contributed by atoms with Gasteiger partial charge in [0.05, 0.1) is 13.2 Å². The summed E-state index contributed by atoms with van der Waals surface area (Å²) < 4.78 is 18.6. The lowest BCUT2D eigenvalue weighted by Crippen LogP contribution is -2.53. The molecule has 0 unspecified atom stereocenters. The molecule has 9 heteroatoms. The van der Waals surface area contributed by atoms with Crippen molar-refractivity contribution in [2.75, 3.05) is 91.1 Å². The summed E-state index contributed by atoms with van der Waals surface area (Å²) in [6, 6.07) is 6.63. The van der Waals surface area contributed by atoms with E-state index in [1.165, 1.54) is 12.1 Å². The van der Waals surface area contributed by atoms with Gasteiger partial charge >= 0.3 is 0 Å². The Morgan fingerprint density at radius 2 is 1.77 bits per heavy atom. The summed E-state index contributed by atoms with van der Waals surface area (Å²) >= 11 is 0. The summed E-state index contributed by atoms with van der Waals surface area (Å²) in [4.78, 5) is 25.1. The van der Waals surface area contributed by atoms with Gasteiger partial charge < -0.3 is 24.8 Å². The normalized spacial score (nSPS) is 18.2. The van der Waals surface area contributed by atoms with Crippen LogP contribution in [0.5, 0.6) is 0 Å². The molecule has 2 fully saturated rings. The zero-order chi connectivity index (χ0) is 22.1. The van der Waals surface area contributed by atoms with Crippen LogP contribution in [0.2, 0.25) is 0 Å². The molecule has 0 radical (unpaired) electrons. The van der Waals surface area contributed by atoms with Crippen LogP contribution in [0.4, 0.5) is 10.1 Å². The lowest BCUT2D eigenvalue weighted by atomic mass is 10.2. The fourth-order valence-corrected chi connectivity index (χ4v) is 3.71. The molecule has 31 heavy (non-hydrogen) atoms. The highest BCUT2D eigenvalue weighted by molar-refractivity contribution is 5.85. The number of halogens is 1. The van der Waals surface area contributed by atoms with E-state index in [1.807, 2.05) is 12.1 Å². The van der Waals surface area contributed by atoms with Crippen LogP contribution in [0, 0.1) is 5.82 Å². The molecule has 172 valence electrons. The number of anilines is 1. The molecule has 2 heterocycles. The minimum Gasteiger partial charge on any atom is -0.379 e. The fourth-order valence-electron chi connectivity index (χ4n) is 3.71. The summed E-state index contributed by atoms with van der Waals surface area (Å²) in [5.41, 5.74) is 1.03. The Morgan fingerprint density at radius 1 is 1.10 bits per heavy atom. The van der Waals surface area contributed by atoms with Crippen molar-refractivity contribution < 1.29 is 13.9 Å². The zero-order valence-electron chi connectivity index (χ0n) is 18.7. The summed E-state index contributed by atoms with van der Waals surface area (Å²) in [6.07, 6.45) is 1.01. The van der Waals surface area contributed by atoms with Gasteiger partial charge in [0.2, 0.25) is 5.91 Å². The van der Waals surface area contributed by atoms with Crippen molar-refractivity contribution in [1.29, 1.82) is 0 Å². The van der Waals surface area contributed by atoms with E-state index in [-0.39, 0.29) is 18.3 Å². The third-order valence-corrected chi connectivity index (χ3v) is 5.67. The molecule has 0 saturated carbocycles. The SMILES string of the molecule is CN(C)C(=O)CN=C(NCCCN1CCOCC1)N1CCN(c2ccc(F)cc2)CC1. The van der Waals surface area contributed by atoms with Gasteiger partial charge in [0.25, 0.3) is 0 Å². The minimum atomic E-state index is -0.219. The number of carbonyl (C=O) groups excluding carboxylic acids is 1. The third kappa shape index (κ3) is 7.36. The van der Waals surface area contributed by atoms with Crippen LogP contribution in [-0.4, -0.2) is 113 Å². The Morgan fingerprint density at radius 3 is 2.42 bits per heavy atom. The largest absolute Gasteiger partial charge is 0.379 e. The van der Waals surface area contributed by atoms with E-state index in [1.54, 1.807) is 19.0 Å². The number of nitrogens with one attached hydrogen (secondary N) is 1. The van der Waals surface area contributed by atoms with Crippen LogP contribution in [0.1, 0.15) is 6.42 Å². The minimum absolute atomic E-state index is 0.0161. The molecule has 0 spiro atoms. The highest BCUT2D eigenvalue weighted by Gasteiger charge is 2.20. The van der Waals surface area contributed by atoms with Crippen LogP contribution in [0.25, 0.3) is 0 Å². The van der Waals surface area contributed by atoms with Gasteiger partial charge in [0, 0.05) is 65.6 Å². The number of carbonyl (C=O) groups is 1. The monoisotopic (exact) mass is 434 g/mol. The summed E-state index contributed by atoms with van der Waals surface area (Å²) in [7, 11) is 3.49. The molecule has 0 bridgehead atoms.